The Morgan fingerprint density at radius 2 is 1.92 bits per heavy atom. The molecule has 140 valence electrons. The number of benzene rings is 1. The molecule has 0 spiro atoms. The van der Waals surface area contributed by atoms with Crippen LogP contribution < -0.4 is 4.31 Å². The summed E-state index contributed by atoms with van der Waals surface area (Å²) in [6.07, 6.45) is 1.51. The minimum atomic E-state index is -4.03. The molecule has 0 bridgehead atoms. The van der Waals surface area contributed by atoms with Crippen molar-refractivity contribution in [2.75, 3.05) is 10.8 Å². The van der Waals surface area contributed by atoms with Gasteiger partial charge in [0.15, 0.2) is 0 Å². The van der Waals surface area contributed by atoms with Crippen LogP contribution in [0.1, 0.15) is 25.1 Å². The molecule has 26 heavy (non-hydrogen) atoms. The first kappa shape index (κ1) is 20.1. The number of rotatable bonds is 6. The minimum Gasteiger partial charge on any atom is -0.264 e. The highest BCUT2D eigenvalue weighted by molar-refractivity contribution is 7.92. The van der Waals surface area contributed by atoms with Crippen LogP contribution in [0.4, 0.5) is 11.4 Å². The standard InChI is InChI=1S/C17H20ClN3O4S/c1-11(2)10-20(17-9-19-13(4)7-12(17)3)26(24,25)14-5-6-15(18)16(8-14)21(22)23/h5-9,11H,10H2,1-4H3. The summed E-state index contributed by atoms with van der Waals surface area (Å²) in [6.45, 7) is 7.62. The molecule has 0 fully saturated rings. The van der Waals surface area contributed by atoms with E-state index in [1.807, 2.05) is 20.8 Å². The van der Waals surface area contributed by atoms with Crippen molar-refractivity contribution in [1.29, 1.82) is 0 Å². The molecule has 0 atom stereocenters. The average Bonchev–Trinajstić information content (AvgIpc) is 2.52. The van der Waals surface area contributed by atoms with Crippen LogP contribution in [0.3, 0.4) is 0 Å². The quantitative estimate of drug-likeness (QED) is 0.540. The number of nitro groups is 1. The number of aryl methyl sites for hydroxylation is 2. The van der Waals surface area contributed by atoms with Gasteiger partial charge in [-0.25, -0.2) is 8.42 Å². The second-order valence-electron chi connectivity index (χ2n) is 6.41. The molecule has 0 saturated carbocycles. The molecule has 0 amide bonds. The SMILES string of the molecule is Cc1cc(C)c(N(CC(C)C)S(=O)(=O)c2ccc(Cl)c([N+](=O)[O-])c2)cn1. The van der Waals surface area contributed by atoms with Crippen molar-refractivity contribution in [2.24, 2.45) is 5.92 Å². The van der Waals surface area contributed by atoms with E-state index in [9.17, 15) is 18.5 Å². The Bertz CT molecular complexity index is 945. The van der Waals surface area contributed by atoms with Gasteiger partial charge in [-0.05, 0) is 43.5 Å². The second-order valence-corrected chi connectivity index (χ2v) is 8.68. The van der Waals surface area contributed by atoms with E-state index in [4.69, 9.17) is 11.6 Å². The van der Waals surface area contributed by atoms with E-state index in [1.165, 1.54) is 22.6 Å². The first-order chi connectivity index (χ1) is 12.0. The summed E-state index contributed by atoms with van der Waals surface area (Å²) in [6, 6.07) is 5.28. The van der Waals surface area contributed by atoms with E-state index in [0.29, 0.717) is 5.69 Å². The number of hydrogen-bond acceptors (Lipinski definition) is 5. The summed E-state index contributed by atoms with van der Waals surface area (Å²) in [5, 5.41) is 11.0. The molecular weight excluding hydrogens is 378 g/mol. The summed E-state index contributed by atoms with van der Waals surface area (Å²) < 4.78 is 27.7. The van der Waals surface area contributed by atoms with Crippen molar-refractivity contribution >= 4 is 33.0 Å². The van der Waals surface area contributed by atoms with Crippen LogP contribution >= 0.6 is 11.6 Å². The van der Waals surface area contributed by atoms with Gasteiger partial charge in [0.25, 0.3) is 15.7 Å². The normalized spacial score (nSPS) is 11.6. The fraction of sp³-hybridized carbons (Fsp3) is 0.353. The van der Waals surface area contributed by atoms with Crippen molar-refractivity contribution in [3.63, 3.8) is 0 Å². The summed E-state index contributed by atoms with van der Waals surface area (Å²) in [5.41, 5.74) is 1.53. The Morgan fingerprint density at radius 3 is 2.46 bits per heavy atom. The fourth-order valence-electron chi connectivity index (χ4n) is 2.53. The van der Waals surface area contributed by atoms with E-state index in [-0.39, 0.29) is 22.4 Å². The third kappa shape index (κ3) is 4.13. The molecule has 0 aliphatic heterocycles. The highest BCUT2D eigenvalue weighted by atomic mass is 35.5. The lowest BCUT2D eigenvalue weighted by molar-refractivity contribution is -0.384. The van der Waals surface area contributed by atoms with Crippen LogP contribution in [0.5, 0.6) is 0 Å². The highest BCUT2D eigenvalue weighted by Gasteiger charge is 2.29. The molecule has 0 unspecified atom stereocenters. The second kappa shape index (κ2) is 7.59. The molecule has 0 aliphatic carbocycles. The van der Waals surface area contributed by atoms with Gasteiger partial charge in [0, 0.05) is 18.3 Å². The lowest BCUT2D eigenvalue weighted by Crippen LogP contribution is -2.35. The maximum absolute atomic E-state index is 13.2. The number of aromatic nitrogens is 1. The van der Waals surface area contributed by atoms with E-state index in [0.717, 1.165) is 17.3 Å². The zero-order valence-electron chi connectivity index (χ0n) is 14.9. The van der Waals surface area contributed by atoms with E-state index in [1.54, 1.807) is 13.0 Å². The molecule has 2 aromatic rings. The van der Waals surface area contributed by atoms with Gasteiger partial charge in [-0.3, -0.25) is 19.4 Å². The van der Waals surface area contributed by atoms with Gasteiger partial charge in [0.1, 0.15) is 5.02 Å². The van der Waals surface area contributed by atoms with Gasteiger partial charge in [0.05, 0.1) is 21.7 Å². The van der Waals surface area contributed by atoms with Gasteiger partial charge >= 0.3 is 0 Å². The molecule has 1 aromatic carbocycles. The Balaban J connectivity index is 2.63. The third-order valence-electron chi connectivity index (χ3n) is 3.72. The number of sulfonamides is 1. The average molecular weight is 398 g/mol. The van der Waals surface area contributed by atoms with Gasteiger partial charge in [-0.15, -0.1) is 0 Å². The van der Waals surface area contributed by atoms with Gasteiger partial charge in [0.2, 0.25) is 0 Å². The van der Waals surface area contributed by atoms with Crippen LogP contribution in [0.25, 0.3) is 0 Å². The van der Waals surface area contributed by atoms with E-state index < -0.39 is 20.6 Å². The molecule has 9 heteroatoms. The zero-order chi connectivity index (χ0) is 19.6. The Kier molecular flexibility index (Phi) is 5.87. The minimum absolute atomic E-state index is 0.0350. The number of hydrogen-bond donors (Lipinski definition) is 0. The smallest absolute Gasteiger partial charge is 0.264 e. The third-order valence-corrected chi connectivity index (χ3v) is 5.82. The van der Waals surface area contributed by atoms with Crippen molar-refractivity contribution in [3.05, 3.63) is 56.9 Å². The molecule has 0 saturated heterocycles. The van der Waals surface area contributed by atoms with Crippen LogP contribution in [-0.4, -0.2) is 24.9 Å². The summed E-state index contributed by atoms with van der Waals surface area (Å²) in [4.78, 5) is 14.4. The molecule has 0 radical (unpaired) electrons. The zero-order valence-corrected chi connectivity index (χ0v) is 16.5. The predicted octanol–water partition coefficient (Wildman–Crippen LogP) is 4.11. The summed E-state index contributed by atoms with van der Waals surface area (Å²) >= 11 is 5.80. The van der Waals surface area contributed by atoms with Crippen molar-refractivity contribution in [1.82, 2.24) is 4.98 Å². The summed E-state index contributed by atoms with van der Waals surface area (Å²) in [5.74, 6) is 0.0350. The Labute approximate surface area is 157 Å². The number of anilines is 1. The molecule has 7 nitrogen and oxygen atoms in total. The summed E-state index contributed by atoms with van der Waals surface area (Å²) in [7, 11) is -4.03. The van der Waals surface area contributed by atoms with Gasteiger partial charge in [-0.1, -0.05) is 25.4 Å². The molecule has 0 aliphatic rings. The molecule has 1 aromatic heterocycles. The monoisotopic (exact) mass is 397 g/mol. The highest BCUT2D eigenvalue weighted by Crippen LogP contribution is 2.32. The van der Waals surface area contributed by atoms with Gasteiger partial charge in [-0.2, -0.15) is 0 Å². The van der Waals surface area contributed by atoms with Crippen molar-refractivity contribution < 1.29 is 13.3 Å². The van der Waals surface area contributed by atoms with Crippen LogP contribution in [0.15, 0.2) is 35.4 Å². The lowest BCUT2D eigenvalue weighted by Gasteiger charge is -2.27. The van der Waals surface area contributed by atoms with Gasteiger partial charge < -0.3 is 0 Å². The number of pyridine rings is 1. The first-order valence-electron chi connectivity index (χ1n) is 7.94. The number of nitro benzene ring substituents is 1. The molecular formula is C17H20ClN3O4S. The maximum atomic E-state index is 13.2. The van der Waals surface area contributed by atoms with E-state index in [2.05, 4.69) is 4.98 Å². The van der Waals surface area contributed by atoms with E-state index >= 15 is 0 Å². The first-order valence-corrected chi connectivity index (χ1v) is 9.75. The van der Waals surface area contributed by atoms with Crippen LogP contribution in [-0.2, 0) is 10.0 Å². The van der Waals surface area contributed by atoms with Crippen LogP contribution in [0, 0.1) is 29.9 Å². The number of halogens is 1. The largest absolute Gasteiger partial charge is 0.289 e. The molecule has 2 rings (SSSR count). The maximum Gasteiger partial charge on any atom is 0.289 e. The van der Waals surface area contributed by atoms with Crippen molar-refractivity contribution in [2.45, 2.75) is 32.6 Å². The Morgan fingerprint density at radius 1 is 1.27 bits per heavy atom. The van der Waals surface area contributed by atoms with Crippen LogP contribution in [0.2, 0.25) is 5.02 Å². The number of nitrogens with zero attached hydrogens (tertiary/aromatic N) is 3. The molecule has 1 heterocycles. The van der Waals surface area contributed by atoms with Crippen molar-refractivity contribution in [3.8, 4) is 0 Å². The predicted molar refractivity (Wildman–Crippen MR) is 101 cm³/mol. The lowest BCUT2D eigenvalue weighted by atomic mass is 10.2. The topological polar surface area (TPSA) is 93.4 Å². The molecule has 0 N–H and O–H groups in total. The Hall–Kier alpha value is -2.19. The fourth-order valence-corrected chi connectivity index (χ4v) is 4.41.